The van der Waals surface area contributed by atoms with Crippen LogP contribution in [0.5, 0.6) is 0 Å². The first-order chi connectivity index (χ1) is 8.87. The number of aliphatic hydroxyl groups is 1. The minimum absolute atomic E-state index is 0.215. The van der Waals surface area contributed by atoms with Gasteiger partial charge in [-0.15, -0.1) is 0 Å². The highest BCUT2D eigenvalue weighted by Crippen LogP contribution is 2.33. The van der Waals surface area contributed by atoms with E-state index in [4.69, 9.17) is 4.74 Å². The van der Waals surface area contributed by atoms with E-state index in [1.807, 2.05) is 41.5 Å². The van der Waals surface area contributed by atoms with E-state index in [0.29, 0.717) is 0 Å². The molecule has 2 amide bonds. The van der Waals surface area contributed by atoms with Crippen molar-refractivity contribution in [2.24, 2.45) is 16.7 Å². The number of aliphatic hydroxyl groups excluding tert-OH is 1. The summed E-state index contributed by atoms with van der Waals surface area (Å²) in [7, 11) is 0. The van der Waals surface area contributed by atoms with Crippen LogP contribution >= 0.6 is 0 Å². The number of rotatable bonds is 2. The number of cyclic esters (lactones) is 1. The molecule has 1 N–H and O–H groups in total. The van der Waals surface area contributed by atoms with Crippen molar-refractivity contribution in [3.63, 3.8) is 0 Å². The molecule has 0 aromatic carbocycles. The van der Waals surface area contributed by atoms with Crippen LogP contribution in [0.2, 0.25) is 0 Å². The van der Waals surface area contributed by atoms with Gasteiger partial charge in [0.15, 0.2) is 0 Å². The maximum absolute atomic E-state index is 12.6. The first-order valence-electron chi connectivity index (χ1n) is 7.05. The summed E-state index contributed by atoms with van der Waals surface area (Å²) in [4.78, 5) is 25.6. The second kappa shape index (κ2) is 5.35. The van der Waals surface area contributed by atoms with Crippen LogP contribution in [-0.4, -0.2) is 40.8 Å². The molecular formula is C15H27NO4. The zero-order chi connectivity index (χ0) is 15.9. The fourth-order valence-corrected chi connectivity index (χ4v) is 2.41. The third-order valence-corrected chi connectivity index (χ3v) is 3.86. The van der Waals surface area contributed by atoms with E-state index in [9.17, 15) is 14.7 Å². The van der Waals surface area contributed by atoms with Crippen molar-refractivity contribution in [1.29, 1.82) is 0 Å². The van der Waals surface area contributed by atoms with Gasteiger partial charge in [0.05, 0.1) is 18.1 Å². The SMILES string of the molecule is C[C@@H](C(=O)N1C(=O)OC[C@@H]1C(C)(C)C)[C@@H](O)C(C)(C)C. The largest absolute Gasteiger partial charge is 0.447 e. The highest BCUT2D eigenvalue weighted by molar-refractivity contribution is 5.95. The maximum atomic E-state index is 12.6. The number of ether oxygens (including phenoxy) is 1. The highest BCUT2D eigenvalue weighted by atomic mass is 16.6. The smallest absolute Gasteiger partial charge is 0.417 e. The molecule has 1 aliphatic rings. The number of carbonyl (C=O) groups excluding carboxylic acids is 2. The van der Waals surface area contributed by atoms with Crippen LogP contribution in [0.1, 0.15) is 48.5 Å². The van der Waals surface area contributed by atoms with Gasteiger partial charge in [0, 0.05) is 0 Å². The molecular weight excluding hydrogens is 258 g/mol. The summed E-state index contributed by atoms with van der Waals surface area (Å²) in [5.41, 5.74) is -0.676. The highest BCUT2D eigenvalue weighted by Gasteiger charge is 2.47. The lowest BCUT2D eigenvalue weighted by atomic mass is 9.80. The number of nitrogens with zero attached hydrogens (tertiary/aromatic N) is 1. The fourth-order valence-electron chi connectivity index (χ4n) is 2.41. The second-order valence-corrected chi connectivity index (χ2v) is 7.77. The van der Waals surface area contributed by atoms with Gasteiger partial charge in [0.2, 0.25) is 5.91 Å². The molecule has 0 spiro atoms. The molecule has 1 heterocycles. The van der Waals surface area contributed by atoms with E-state index < -0.39 is 23.5 Å². The van der Waals surface area contributed by atoms with Crippen molar-refractivity contribution in [3.05, 3.63) is 0 Å². The summed E-state index contributed by atoms with van der Waals surface area (Å²) in [6, 6.07) is -0.294. The zero-order valence-electron chi connectivity index (χ0n) is 13.6. The summed E-state index contributed by atoms with van der Waals surface area (Å²) < 4.78 is 5.03. The van der Waals surface area contributed by atoms with E-state index in [1.165, 1.54) is 4.90 Å². The Kier molecular flexibility index (Phi) is 4.54. The minimum Gasteiger partial charge on any atom is -0.447 e. The molecule has 0 bridgehead atoms. The van der Waals surface area contributed by atoms with Gasteiger partial charge in [-0.1, -0.05) is 48.5 Å². The van der Waals surface area contributed by atoms with E-state index in [0.717, 1.165) is 0 Å². The Morgan fingerprint density at radius 1 is 1.30 bits per heavy atom. The molecule has 0 aromatic heterocycles. The lowest BCUT2D eigenvalue weighted by Gasteiger charge is -2.35. The van der Waals surface area contributed by atoms with Crippen LogP contribution in [0.3, 0.4) is 0 Å². The van der Waals surface area contributed by atoms with Crippen LogP contribution in [0, 0.1) is 16.7 Å². The molecule has 3 atom stereocenters. The summed E-state index contributed by atoms with van der Waals surface area (Å²) in [5, 5.41) is 10.3. The molecule has 5 heteroatoms. The molecule has 0 aliphatic carbocycles. The molecule has 0 aromatic rings. The van der Waals surface area contributed by atoms with Crippen LogP contribution < -0.4 is 0 Å². The first kappa shape index (κ1) is 17.0. The van der Waals surface area contributed by atoms with Crippen LogP contribution in [0.25, 0.3) is 0 Å². The Labute approximate surface area is 121 Å². The van der Waals surface area contributed by atoms with Crippen LogP contribution in [0.4, 0.5) is 4.79 Å². The van der Waals surface area contributed by atoms with E-state index >= 15 is 0 Å². The Bertz CT molecular complexity index is 392. The van der Waals surface area contributed by atoms with E-state index in [1.54, 1.807) is 6.92 Å². The Morgan fingerprint density at radius 3 is 2.20 bits per heavy atom. The number of imide groups is 1. The standard InChI is InChI=1S/C15H27NO4/c1-9(11(17)15(5,6)7)12(18)16-10(14(2,3)4)8-20-13(16)19/h9-11,17H,8H2,1-7H3/t9-,10-,11-/m1/s1. The maximum Gasteiger partial charge on any atom is 0.417 e. The monoisotopic (exact) mass is 285 g/mol. The average molecular weight is 285 g/mol. The summed E-state index contributed by atoms with van der Waals surface area (Å²) in [6.45, 7) is 13.4. The van der Waals surface area contributed by atoms with E-state index in [-0.39, 0.29) is 24.0 Å². The Hall–Kier alpha value is -1.10. The van der Waals surface area contributed by atoms with Gasteiger partial charge in [0.25, 0.3) is 0 Å². The van der Waals surface area contributed by atoms with Crippen molar-refractivity contribution in [2.45, 2.75) is 60.6 Å². The number of amides is 2. The molecule has 1 saturated heterocycles. The molecule has 1 rings (SSSR count). The average Bonchev–Trinajstić information content (AvgIpc) is 2.66. The number of hydrogen-bond donors (Lipinski definition) is 1. The lowest BCUT2D eigenvalue weighted by molar-refractivity contribution is -0.140. The predicted octanol–water partition coefficient (Wildman–Crippen LogP) is 2.42. The molecule has 5 nitrogen and oxygen atoms in total. The van der Waals surface area contributed by atoms with Gasteiger partial charge in [-0.05, 0) is 10.8 Å². The van der Waals surface area contributed by atoms with Gasteiger partial charge >= 0.3 is 6.09 Å². The second-order valence-electron chi connectivity index (χ2n) is 7.77. The van der Waals surface area contributed by atoms with Gasteiger partial charge in [-0.2, -0.15) is 0 Å². The molecule has 116 valence electrons. The van der Waals surface area contributed by atoms with Crippen LogP contribution in [0.15, 0.2) is 0 Å². The van der Waals surface area contributed by atoms with Gasteiger partial charge in [0.1, 0.15) is 6.61 Å². The summed E-state index contributed by atoms with van der Waals surface area (Å²) in [5.74, 6) is -1.01. The molecule has 20 heavy (non-hydrogen) atoms. The van der Waals surface area contributed by atoms with Crippen molar-refractivity contribution in [2.75, 3.05) is 6.61 Å². The Morgan fingerprint density at radius 2 is 1.80 bits per heavy atom. The number of carbonyl (C=O) groups is 2. The van der Waals surface area contributed by atoms with Gasteiger partial charge < -0.3 is 9.84 Å². The normalized spacial score (nSPS) is 23.5. The van der Waals surface area contributed by atoms with Crippen LogP contribution in [-0.2, 0) is 9.53 Å². The third kappa shape index (κ3) is 3.32. The van der Waals surface area contributed by atoms with Crippen molar-refractivity contribution in [1.82, 2.24) is 4.90 Å². The summed E-state index contributed by atoms with van der Waals surface area (Å²) >= 11 is 0. The Balaban J connectivity index is 2.97. The minimum atomic E-state index is -0.816. The van der Waals surface area contributed by atoms with Crippen molar-refractivity contribution in [3.8, 4) is 0 Å². The summed E-state index contributed by atoms with van der Waals surface area (Å²) in [6.07, 6.45) is -1.42. The quantitative estimate of drug-likeness (QED) is 0.846. The molecule has 0 radical (unpaired) electrons. The third-order valence-electron chi connectivity index (χ3n) is 3.86. The van der Waals surface area contributed by atoms with E-state index in [2.05, 4.69) is 0 Å². The van der Waals surface area contributed by atoms with Gasteiger partial charge in [-0.3, -0.25) is 4.79 Å². The molecule has 0 saturated carbocycles. The zero-order valence-corrected chi connectivity index (χ0v) is 13.6. The molecule has 1 aliphatic heterocycles. The first-order valence-corrected chi connectivity index (χ1v) is 7.05. The molecule has 1 fully saturated rings. The topological polar surface area (TPSA) is 66.8 Å². The lowest BCUT2D eigenvalue weighted by Crippen LogP contribution is -2.51. The van der Waals surface area contributed by atoms with Crippen molar-refractivity contribution < 1.29 is 19.4 Å². The fraction of sp³-hybridized carbons (Fsp3) is 0.867. The van der Waals surface area contributed by atoms with Gasteiger partial charge in [-0.25, -0.2) is 9.69 Å². The molecule has 0 unspecified atom stereocenters. The van der Waals surface area contributed by atoms with Crippen molar-refractivity contribution >= 4 is 12.0 Å². The predicted molar refractivity (Wildman–Crippen MR) is 76.1 cm³/mol. The number of hydrogen-bond acceptors (Lipinski definition) is 4.